The minimum atomic E-state index is 0.261. The van der Waals surface area contributed by atoms with Crippen LogP contribution in [0, 0.1) is 0 Å². The smallest absolute Gasteiger partial charge is 0.0624 e. The Morgan fingerprint density at radius 3 is 2.50 bits per heavy atom. The number of halogens is 2. The van der Waals surface area contributed by atoms with E-state index >= 15 is 0 Å². The number of nitrogens with two attached hydrogens (primary N) is 1. The van der Waals surface area contributed by atoms with Gasteiger partial charge in [-0.2, -0.15) is 0 Å². The van der Waals surface area contributed by atoms with Crippen molar-refractivity contribution >= 4 is 23.2 Å². The third kappa shape index (κ3) is 6.45. The van der Waals surface area contributed by atoms with Gasteiger partial charge in [0.2, 0.25) is 0 Å². The number of benzene rings is 1. The molecule has 114 valence electrons. The molecule has 2 nitrogen and oxygen atoms in total. The lowest BCUT2D eigenvalue weighted by atomic mass is 10.00. The minimum absolute atomic E-state index is 0.261. The first-order chi connectivity index (χ1) is 9.69. The molecule has 1 rings (SSSR count). The van der Waals surface area contributed by atoms with Gasteiger partial charge in [0.25, 0.3) is 0 Å². The number of hydrogen-bond donors (Lipinski definition) is 2. The lowest BCUT2D eigenvalue weighted by molar-refractivity contribution is 0.459. The van der Waals surface area contributed by atoms with Crippen LogP contribution in [0.5, 0.6) is 0 Å². The number of rotatable bonds is 10. The van der Waals surface area contributed by atoms with Gasteiger partial charge < -0.3 is 0 Å². The number of hydrazine groups is 1. The van der Waals surface area contributed by atoms with E-state index in [0.717, 1.165) is 18.4 Å². The molecule has 0 spiro atoms. The summed E-state index contributed by atoms with van der Waals surface area (Å²) in [6.07, 6.45) is 9.69. The van der Waals surface area contributed by atoms with Crippen LogP contribution < -0.4 is 11.3 Å². The molecule has 0 saturated heterocycles. The Balaban J connectivity index is 2.34. The highest BCUT2D eigenvalue weighted by Gasteiger charge is 2.11. The summed E-state index contributed by atoms with van der Waals surface area (Å²) in [5, 5.41) is 1.26. The molecule has 1 aromatic rings. The highest BCUT2D eigenvalue weighted by atomic mass is 35.5. The van der Waals surface area contributed by atoms with Gasteiger partial charge in [-0.05, 0) is 24.5 Å². The number of nitrogens with one attached hydrogen (secondary N) is 1. The summed E-state index contributed by atoms with van der Waals surface area (Å²) in [4.78, 5) is 0. The van der Waals surface area contributed by atoms with Crippen molar-refractivity contribution in [2.75, 3.05) is 0 Å². The van der Waals surface area contributed by atoms with Crippen molar-refractivity contribution in [3.8, 4) is 0 Å². The second-order valence-electron chi connectivity index (χ2n) is 5.34. The fourth-order valence-electron chi connectivity index (χ4n) is 2.39. The van der Waals surface area contributed by atoms with Gasteiger partial charge >= 0.3 is 0 Å². The average Bonchev–Trinajstić information content (AvgIpc) is 2.46. The Morgan fingerprint density at radius 1 is 1.10 bits per heavy atom. The van der Waals surface area contributed by atoms with Gasteiger partial charge in [0.05, 0.1) is 10.0 Å². The highest BCUT2D eigenvalue weighted by molar-refractivity contribution is 6.42. The van der Waals surface area contributed by atoms with E-state index in [1.165, 1.54) is 38.5 Å². The average molecular weight is 317 g/mol. The van der Waals surface area contributed by atoms with E-state index in [2.05, 4.69) is 12.3 Å². The van der Waals surface area contributed by atoms with Crippen LogP contribution in [0.4, 0.5) is 0 Å². The second kappa shape index (κ2) is 10.4. The monoisotopic (exact) mass is 316 g/mol. The third-order valence-corrected chi connectivity index (χ3v) is 4.50. The van der Waals surface area contributed by atoms with Crippen molar-refractivity contribution in [3.63, 3.8) is 0 Å². The van der Waals surface area contributed by atoms with E-state index in [1.54, 1.807) is 0 Å². The summed E-state index contributed by atoms with van der Waals surface area (Å²) in [6.45, 7) is 2.24. The largest absolute Gasteiger partial charge is 0.271 e. The molecule has 20 heavy (non-hydrogen) atoms. The van der Waals surface area contributed by atoms with Gasteiger partial charge in [-0.25, -0.2) is 0 Å². The summed E-state index contributed by atoms with van der Waals surface area (Å²) in [6, 6.07) is 6.02. The Kier molecular flexibility index (Phi) is 9.28. The zero-order valence-corrected chi connectivity index (χ0v) is 13.8. The Bertz CT molecular complexity index is 383. The molecule has 0 fully saturated rings. The fourth-order valence-corrected chi connectivity index (χ4v) is 2.78. The van der Waals surface area contributed by atoms with Crippen molar-refractivity contribution in [2.24, 2.45) is 5.84 Å². The van der Waals surface area contributed by atoms with Gasteiger partial charge in [-0.3, -0.25) is 11.3 Å². The first kappa shape index (κ1) is 17.8. The lowest BCUT2D eigenvalue weighted by Gasteiger charge is -2.17. The SMILES string of the molecule is CCCCCCCCC(Cc1cccc(Cl)c1Cl)NN. The Morgan fingerprint density at radius 2 is 1.80 bits per heavy atom. The molecule has 0 saturated carbocycles. The Hall–Kier alpha value is -0.280. The fraction of sp³-hybridized carbons (Fsp3) is 0.625. The van der Waals surface area contributed by atoms with Gasteiger partial charge in [0, 0.05) is 6.04 Å². The minimum Gasteiger partial charge on any atom is -0.271 e. The Labute approximate surface area is 133 Å². The number of unbranched alkanes of at least 4 members (excludes halogenated alkanes) is 5. The zero-order chi connectivity index (χ0) is 14.8. The summed E-state index contributed by atoms with van der Waals surface area (Å²) >= 11 is 12.2. The van der Waals surface area contributed by atoms with Gasteiger partial charge in [0.1, 0.15) is 0 Å². The molecule has 0 aliphatic heterocycles. The summed E-state index contributed by atoms with van der Waals surface area (Å²) in [7, 11) is 0. The maximum Gasteiger partial charge on any atom is 0.0624 e. The molecule has 0 aliphatic rings. The van der Waals surface area contributed by atoms with Crippen molar-refractivity contribution in [2.45, 2.75) is 64.3 Å². The van der Waals surface area contributed by atoms with Crippen LogP contribution in [0.25, 0.3) is 0 Å². The maximum absolute atomic E-state index is 6.21. The van der Waals surface area contributed by atoms with E-state index in [9.17, 15) is 0 Å². The van der Waals surface area contributed by atoms with Crippen LogP contribution in [-0.2, 0) is 6.42 Å². The molecule has 4 heteroatoms. The predicted octanol–water partition coefficient (Wildman–Crippen LogP) is 5.12. The normalized spacial score (nSPS) is 12.6. The summed E-state index contributed by atoms with van der Waals surface area (Å²) in [5.41, 5.74) is 3.96. The van der Waals surface area contributed by atoms with E-state index in [0.29, 0.717) is 10.0 Å². The summed E-state index contributed by atoms with van der Waals surface area (Å²) in [5.74, 6) is 5.65. The van der Waals surface area contributed by atoms with Crippen LogP contribution in [0.2, 0.25) is 10.0 Å². The first-order valence-electron chi connectivity index (χ1n) is 7.58. The molecule has 0 aliphatic carbocycles. The van der Waals surface area contributed by atoms with Gasteiger partial charge in [0.15, 0.2) is 0 Å². The van der Waals surface area contributed by atoms with Crippen molar-refractivity contribution in [1.82, 2.24) is 5.43 Å². The van der Waals surface area contributed by atoms with E-state index < -0.39 is 0 Å². The molecule has 1 atom stereocenters. The zero-order valence-electron chi connectivity index (χ0n) is 12.3. The second-order valence-corrected chi connectivity index (χ2v) is 6.12. The number of hydrogen-bond acceptors (Lipinski definition) is 2. The van der Waals surface area contributed by atoms with Crippen LogP contribution in [-0.4, -0.2) is 6.04 Å². The summed E-state index contributed by atoms with van der Waals surface area (Å²) < 4.78 is 0. The van der Waals surface area contributed by atoms with E-state index in [-0.39, 0.29) is 6.04 Å². The van der Waals surface area contributed by atoms with E-state index in [1.807, 2.05) is 18.2 Å². The first-order valence-corrected chi connectivity index (χ1v) is 8.33. The molecule has 0 bridgehead atoms. The quantitative estimate of drug-likeness (QED) is 0.357. The van der Waals surface area contributed by atoms with Crippen molar-refractivity contribution in [3.05, 3.63) is 33.8 Å². The molecule has 0 radical (unpaired) electrons. The topological polar surface area (TPSA) is 38.0 Å². The van der Waals surface area contributed by atoms with Crippen molar-refractivity contribution in [1.29, 1.82) is 0 Å². The molecule has 0 amide bonds. The molecular weight excluding hydrogens is 291 g/mol. The standard InChI is InChI=1S/C16H26Cl2N2/c1-2-3-4-5-6-7-10-14(20-19)12-13-9-8-11-15(17)16(13)18/h8-9,11,14,20H,2-7,10,12,19H2,1H3. The van der Waals surface area contributed by atoms with E-state index in [4.69, 9.17) is 29.0 Å². The van der Waals surface area contributed by atoms with Gasteiger partial charge in [-0.1, -0.05) is 80.8 Å². The van der Waals surface area contributed by atoms with Crippen molar-refractivity contribution < 1.29 is 0 Å². The lowest BCUT2D eigenvalue weighted by Crippen LogP contribution is -2.36. The van der Waals surface area contributed by atoms with Crippen LogP contribution in [0.1, 0.15) is 57.4 Å². The molecule has 1 unspecified atom stereocenters. The molecular formula is C16H26Cl2N2. The third-order valence-electron chi connectivity index (χ3n) is 3.64. The predicted molar refractivity (Wildman–Crippen MR) is 89.3 cm³/mol. The molecule has 3 N–H and O–H groups in total. The van der Waals surface area contributed by atoms with Gasteiger partial charge in [-0.15, -0.1) is 0 Å². The van der Waals surface area contributed by atoms with Crippen LogP contribution in [0.3, 0.4) is 0 Å². The maximum atomic E-state index is 6.21. The van der Waals surface area contributed by atoms with Crippen LogP contribution >= 0.6 is 23.2 Å². The molecule has 0 heterocycles. The molecule has 1 aromatic carbocycles. The highest BCUT2D eigenvalue weighted by Crippen LogP contribution is 2.27. The van der Waals surface area contributed by atoms with Crippen LogP contribution in [0.15, 0.2) is 18.2 Å². The molecule has 0 aromatic heterocycles.